The maximum absolute atomic E-state index is 12.2. The first kappa shape index (κ1) is 19.7. The summed E-state index contributed by atoms with van der Waals surface area (Å²) in [5.74, 6) is -0.747. The Labute approximate surface area is 155 Å². The van der Waals surface area contributed by atoms with Gasteiger partial charge in [0.2, 0.25) is 0 Å². The van der Waals surface area contributed by atoms with Gasteiger partial charge in [-0.05, 0) is 54.5 Å². The number of hydrogen-bond acceptors (Lipinski definition) is 6. The summed E-state index contributed by atoms with van der Waals surface area (Å²) in [6, 6.07) is 11.2. The lowest BCUT2D eigenvalue weighted by Gasteiger charge is -2.06. The van der Waals surface area contributed by atoms with Crippen LogP contribution in [0.2, 0.25) is 0 Å². The van der Waals surface area contributed by atoms with Gasteiger partial charge in [0.1, 0.15) is 0 Å². The van der Waals surface area contributed by atoms with E-state index in [2.05, 4.69) is 10.5 Å². The molecule has 2 rings (SSSR count). The van der Waals surface area contributed by atoms with Gasteiger partial charge in [0.15, 0.2) is 11.5 Å². The number of amides is 2. The number of hydroxylamine groups is 1. The zero-order valence-electron chi connectivity index (χ0n) is 14.5. The highest BCUT2D eigenvalue weighted by atomic mass is 16.5. The number of nitrogens with one attached hydrogen (secondary N) is 2. The summed E-state index contributed by atoms with van der Waals surface area (Å²) in [6.45, 7) is 2.22. The maximum Gasteiger partial charge on any atom is 0.271 e. The molecule has 0 spiro atoms. The largest absolute Gasteiger partial charge is 0.504 e. The first-order valence-corrected chi connectivity index (χ1v) is 8.05. The quantitative estimate of drug-likeness (QED) is 0.258. The standard InChI is InChI=1S/C19H19N3O5/c1-2-27-17-11-14(6-8-16(17)23)12-20-21-19(25)15-5-3-4-13(10-15)7-9-18(24)22-26/h3-12,23,26H,2H2,1H3,(H,21,25)(H,22,24). The second-order valence-electron chi connectivity index (χ2n) is 5.29. The lowest BCUT2D eigenvalue weighted by Crippen LogP contribution is -2.17. The number of hydrazone groups is 1. The van der Waals surface area contributed by atoms with Gasteiger partial charge in [0.05, 0.1) is 12.8 Å². The topological polar surface area (TPSA) is 120 Å². The third-order valence-electron chi connectivity index (χ3n) is 3.35. The van der Waals surface area contributed by atoms with E-state index in [9.17, 15) is 14.7 Å². The number of carbonyl (C=O) groups excluding carboxylic acids is 2. The molecule has 0 atom stereocenters. The van der Waals surface area contributed by atoms with E-state index in [1.165, 1.54) is 23.8 Å². The van der Waals surface area contributed by atoms with Crippen LogP contribution in [0.5, 0.6) is 11.5 Å². The van der Waals surface area contributed by atoms with Crippen molar-refractivity contribution in [1.82, 2.24) is 10.9 Å². The van der Waals surface area contributed by atoms with Gasteiger partial charge in [-0.3, -0.25) is 14.8 Å². The van der Waals surface area contributed by atoms with Crippen molar-refractivity contribution >= 4 is 24.1 Å². The number of phenolic OH excluding ortho intramolecular Hbond substituents is 1. The summed E-state index contributed by atoms with van der Waals surface area (Å²) in [4.78, 5) is 23.2. The molecular formula is C19H19N3O5. The monoisotopic (exact) mass is 369 g/mol. The second-order valence-corrected chi connectivity index (χ2v) is 5.29. The smallest absolute Gasteiger partial charge is 0.271 e. The number of ether oxygens (including phenoxy) is 1. The first-order chi connectivity index (χ1) is 13.0. The zero-order valence-corrected chi connectivity index (χ0v) is 14.5. The highest BCUT2D eigenvalue weighted by Gasteiger charge is 2.05. The van der Waals surface area contributed by atoms with E-state index in [0.29, 0.717) is 29.0 Å². The Hall–Kier alpha value is -3.65. The van der Waals surface area contributed by atoms with Crippen LogP contribution in [0.15, 0.2) is 53.6 Å². The van der Waals surface area contributed by atoms with E-state index in [0.717, 1.165) is 6.08 Å². The minimum Gasteiger partial charge on any atom is -0.504 e. The Morgan fingerprint density at radius 1 is 1.19 bits per heavy atom. The molecule has 0 heterocycles. The van der Waals surface area contributed by atoms with Crippen molar-refractivity contribution in [1.29, 1.82) is 0 Å². The van der Waals surface area contributed by atoms with Crippen molar-refractivity contribution in [3.63, 3.8) is 0 Å². The molecule has 4 N–H and O–H groups in total. The van der Waals surface area contributed by atoms with Crippen LogP contribution in [-0.4, -0.2) is 34.9 Å². The van der Waals surface area contributed by atoms with Gasteiger partial charge in [-0.2, -0.15) is 5.10 Å². The van der Waals surface area contributed by atoms with Gasteiger partial charge in [0.25, 0.3) is 11.8 Å². The van der Waals surface area contributed by atoms with Crippen LogP contribution in [0, 0.1) is 0 Å². The normalized spacial score (nSPS) is 10.9. The molecule has 0 fully saturated rings. The fourth-order valence-corrected chi connectivity index (χ4v) is 2.10. The Bertz CT molecular complexity index is 877. The highest BCUT2D eigenvalue weighted by molar-refractivity contribution is 5.96. The van der Waals surface area contributed by atoms with E-state index in [4.69, 9.17) is 9.94 Å². The number of benzene rings is 2. The third-order valence-corrected chi connectivity index (χ3v) is 3.35. The molecule has 0 aliphatic heterocycles. The number of rotatable bonds is 7. The maximum atomic E-state index is 12.2. The van der Waals surface area contributed by atoms with Gasteiger partial charge in [-0.15, -0.1) is 0 Å². The average molecular weight is 369 g/mol. The minimum absolute atomic E-state index is 0.0257. The van der Waals surface area contributed by atoms with Gasteiger partial charge in [-0.1, -0.05) is 12.1 Å². The molecule has 2 aromatic carbocycles. The predicted octanol–water partition coefficient (Wildman–Crippen LogP) is 2.07. The summed E-state index contributed by atoms with van der Waals surface area (Å²) in [5, 5.41) is 22.0. The van der Waals surface area contributed by atoms with Crippen LogP contribution in [0.25, 0.3) is 6.08 Å². The molecule has 2 amide bonds. The fourth-order valence-electron chi connectivity index (χ4n) is 2.10. The van der Waals surface area contributed by atoms with Crippen LogP contribution in [0.3, 0.4) is 0 Å². The third kappa shape index (κ3) is 5.98. The molecule has 0 saturated heterocycles. The Morgan fingerprint density at radius 3 is 2.74 bits per heavy atom. The van der Waals surface area contributed by atoms with E-state index < -0.39 is 11.8 Å². The Balaban J connectivity index is 2.03. The van der Waals surface area contributed by atoms with Crippen LogP contribution < -0.4 is 15.6 Å². The van der Waals surface area contributed by atoms with E-state index >= 15 is 0 Å². The van der Waals surface area contributed by atoms with E-state index in [1.54, 1.807) is 43.3 Å². The molecule has 0 saturated carbocycles. The molecule has 8 nitrogen and oxygen atoms in total. The lowest BCUT2D eigenvalue weighted by atomic mass is 10.1. The summed E-state index contributed by atoms with van der Waals surface area (Å²) in [5.41, 5.74) is 5.48. The summed E-state index contributed by atoms with van der Waals surface area (Å²) < 4.78 is 5.29. The molecule has 8 heteroatoms. The molecule has 0 bridgehead atoms. The minimum atomic E-state index is -0.672. The number of aromatic hydroxyl groups is 1. The van der Waals surface area contributed by atoms with Gasteiger partial charge in [-0.25, -0.2) is 10.9 Å². The van der Waals surface area contributed by atoms with Crippen LogP contribution in [0.1, 0.15) is 28.4 Å². The summed E-state index contributed by atoms with van der Waals surface area (Å²) >= 11 is 0. The molecule has 0 radical (unpaired) electrons. The van der Waals surface area contributed by atoms with Crippen LogP contribution in [0.4, 0.5) is 0 Å². The molecule has 0 unspecified atom stereocenters. The van der Waals surface area contributed by atoms with Crippen molar-refractivity contribution in [2.24, 2.45) is 5.10 Å². The van der Waals surface area contributed by atoms with E-state index in [-0.39, 0.29) is 5.75 Å². The van der Waals surface area contributed by atoms with Crippen LogP contribution >= 0.6 is 0 Å². The van der Waals surface area contributed by atoms with Crippen molar-refractivity contribution in [2.45, 2.75) is 6.92 Å². The van der Waals surface area contributed by atoms with Crippen LogP contribution in [-0.2, 0) is 4.79 Å². The molecule has 0 aromatic heterocycles. The van der Waals surface area contributed by atoms with Gasteiger partial charge >= 0.3 is 0 Å². The fraction of sp³-hybridized carbons (Fsp3) is 0.105. The predicted molar refractivity (Wildman–Crippen MR) is 99.7 cm³/mol. The number of carbonyl (C=O) groups is 2. The molecule has 2 aromatic rings. The molecule has 27 heavy (non-hydrogen) atoms. The van der Waals surface area contributed by atoms with Crippen molar-refractivity contribution < 1.29 is 24.6 Å². The summed E-state index contributed by atoms with van der Waals surface area (Å²) in [6.07, 6.45) is 4.02. The Morgan fingerprint density at radius 2 is 2.00 bits per heavy atom. The highest BCUT2D eigenvalue weighted by Crippen LogP contribution is 2.26. The number of phenols is 1. The average Bonchev–Trinajstić information content (AvgIpc) is 2.68. The summed E-state index contributed by atoms with van der Waals surface area (Å²) in [7, 11) is 0. The van der Waals surface area contributed by atoms with Crippen molar-refractivity contribution in [3.8, 4) is 11.5 Å². The second kappa shape index (κ2) is 9.73. The number of nitrogens with zero attached hydrogens (tertiary/aromatic N) is 1. The van der Waals surface area contributed by atoms with Gasteiger partial charge < -0.3 is 9.84 Å². The first-order valence-electron chi connectivity index (χ1n) is 8.05. The lowest BCUT2D eigenvalue weighted by molar-refractivity contribution is -0.124. The molecule has 0 aliphatic rings. The van der Waals surface area contributed by atoms with Gasteiger partial charge in [0, 0.05) is 11.6 Å². The molecular weight excluding hydrogens is 350 g/mol. The SMILES string of the molecule is CCOc1cc(C=NNC(=O)c2cccc(C=CC(=O)NO)c2)ccc1O. The van der Waals surface area contributed by atoms with Crippen molar-refractivity contribution in [2.75, 3.05) is 6.61 Å². The molecule has 140 valence electrons. The molecule has 0 aliphatic carbocycles. The zero-order chi connectivity index (χ0) is 19.6. The van der Waals surface area contributed by atoms with Crippen molar-refractivity contribution in [3.05, 3.63) is 65.2 Å². The Kier molecular flexibility index (Phi) is 7.09. The number of hydrogen-bond donors (Lipinski definition) is 4. The van der Waals surface area contributed by atoms with E-state index in [1.807, 2.05) is 0 Å².